The van der Waals surface area contributed by atoms with E-state index >= 15 is 0 Å². The molecule has 2 bridgehead atoms. The Morgan fingerprint density at radius 2 is 2.15 bits per heavy atom. The molecule has 3 heteroatoms. The van der Waals surface area contributed by atoms with Crippen molar-refractivity contribution in [3.8, 4) is 0 Å². The minimum absolute atomic E-state index is 0.130. The van der Waals surface area contributed by atoms with Gasteiger partial charge in [0.25, 0.3) is 0 Å². The first-order valence-electron chi connectivity index (χ1n) is 4.95. The number of allylic oxidation sites excluding steroid dienone is 2. The lowest BCUT2D eigenvalue weighted by molar-refractivity contribution is 0.434. The van der Waals surface area contributed by atoms with Crippen molar-refractivity contribution in [2.45, 2.75) is 29.8 Å². The number of halogens is 2. The molecule has 0 aliphatic heterocycles. The number of rotatable bonds is 4. The van der Waals surface area contributed by atoms with E-state index in [9.17, 15) is 0 Å². The lowest BCUT2D eigenvalue weighted by atomic mass is 9.91. The van der Waals surface area contributed by atoms with Gasteiger partial charge >= 0.3 is 0 Å². The standard InChI is InChI=1S/C10H14Cl2Si/c11-10(12)13-4-3-9-6-7-1-2-8(9)5-7/h1-2,7-10H,3-6H2. The molecule has 0 heterocycles. The molecule has 2 rings (SSSR count). The zero-order valence-electron chi connectivity index (χ0n) is 7.55. The Labute approximate surface area is 92.5 Å². The third-order valence-corrected chi connectivity index (χ3v) is 5.04. The van der Waals surface area contributed by atoms with Crippen LogP contribution in [0.5, 0.6) is 0 Å². The fourth-order valence-corrected chi connectivity index (χ4v) is 4.01. The van der Waals surface area contributed by atoms with Crippen LogP contribution in [0.15, 0.2) is 12.2 Å². The van der Waals surface area contributed by atoms with Gasteiger partial charge in [0.2, 0.25) is 0 Å². The molecule has 0 nitrogen and oxygen atoms in total. The van der Waals surface area contributed by atoms with Crippen molar-refractivity contribution in [3.63, 3.8) is 0 Å². The smallest absolute Gasteiger partial charge is 0.0929 e. The molecule has 13 heavy (non-hydrogen) atoms. The fourth-order valence-electron chi connectivity index (χ4n) is 2.60. The monoisotopic (exact) mass is 232 g/mol. The maximum Gasteiger partial charge on any atom is 0.0929 e. The molecule has 0 aromatic carbocycles. The molecule has 3 atom stereocenters. The number of alkyl halides is 2. The summed E-state index contributed by atoms with van der Waals surface area (Å²) in [6.45, 7) is 0. The van der Waals surface area contributed by atoms with Crippen LogP contribution < -0.4 is 0 Å². The Morgan fingerprint density at radius 1 is 1.31 bits per heavy atom. The van der Waals surface area contributed by atoms with E-state index in [1.54, 1.807) is 0 Å². The quantitative estimate of drug-likeness (QED) is 0.396. The van der Waals surface area contributed by atoms with Gasteiger partial charge in [-0.2, -0.15) is 0 Å². The maximum absolute atomic E-state index is 5.71. The van der Waals surface area contributed by atoms with Gasteiger partial charge in [0.1, 0.15) is 0 Å². The minimum atomic E-state index is -0.130. The molecular weight excluding hydrogens is 219 g/mol. The normalized spacial score (nSPS) is 36.4. The molecule has 2 aliphatic carbocycles. The van der Waals surface area contributed by atoms with Crippen molar-refractivity contribution in [2.24, 2.45) is 17.8 Å². The molecular formula is C10H14Cl2Si. The summed E-state index contributed by atoms with van der Waals surface area (Å²) in [5.74, 6) is 2.73. The van der Waals surface area contributed by atoms with E-state index in [2.05, 4.69) is 12.2 Å². The van der Waals surface area contributed by atoms with Crippen LogP contribution in [0.3, 0.4) is 0 Å². The van der Waals surface area contributed by atoms with Crippen LogP contribution in [0.1, 0.15) is 19.3 Å². The van der Waals surface area contributed by atoms with Gasteiger partial charge in [0, 0.05) is 0 Å². The zero-order chi connectivity index (χ0) is 9.26. The number of fused-ring (bicyclic) bond motifs is 2. The zero-order valence-corrected chi connectivity index (χ0v) is 10.1. The Bertz CT molecular complexity index is 203. The summed E-state index contributed by atoms with van der Waals surface area (Å²) < 4.78 is -0.130. The third-order valence-electron chi connectivity index (χ3n) is 3.23. The van der Waals surface area contributed by atoms with E-state index < -0.39 is 0 Å². The van der Waals surface area contributed by atoms with Gasteiger partial charge in [0.15, 0.2) is 0 Å². The Hall–Kier alpha value is 0.537. The largest absolute Gasteiger partial charge is 0.110 e. The lowest BCUT2D eigenvalue weighted by Crippen LogP contribution is -2.10. The molecule has 0 amide bonds. The highest BCUT2D eigenvalue weighted by atomic mass is 35.5. The highest BCUT2D eigenvalue weighted by molar-refractivity contribution is 6.68. The van der Waals surface area contributed by atoms with E-state index in [-0.39, 0.29) is 4.46 Å². The van der Waals surface area contributed by atoms with Crippen molar-refractivity contribution >= 4 is 32.7 Å². The van der Waals surface area contributed by atoms with E-state index in [0.29, 0.717) is 0 Å². The molecule has 72 valence electrons. The summed E-state index contributed by atoms with van der Waals surface area (Å²) in [4.78, 5) is 0. The van der Waals surface area contributed by atoms with E-state index in [1.165, 1.54) is 25.3 Å². The second kappa shape index (κ2) is 4.37. The molecule has 0 N–H and O–H groups in total. The van der Waals surface area contributed by atoms with Gasteiger partial charge < -0.3 is 0 Å². The van der Waals surface area contributed by atoms with Crippen LogP contribution in [0.25, 0.3) is 0 Å². The second-order valence-electron chi connectivity index (χ2n) is 4.08. The Balaban J connectivity index is 1.69. The molecule has 0 saturated heterocycles. The van der Waals surface area contributed by atoms with Crippen LogP contribution in [0.2, 0.25) is 6.04 Å². The van der Waals surface area contributed by atoms with Gasteiger partial charge in [0.05, 0.1) is 14.0 Å². The van der Waals surface area contributed by atoms with Crippen LogP contribution in [-0.4, -0.2) is 14.0 Å². The number of hydrogen-bond donors (Lipinski definition) is 0. The highest BCUT2D eigenvalue weighted by Crippen LogP contribution is 2.45. The Morgan fingerprint density at radius 3 is 2.69 bits per heavy atom. The predicted molar refractivity (Wildman–Crippen MR) is 59.5 cm³/mol. The molecule has 0 aromatic heterocycles. The van der Waals surface area contributed by atoms with Crippen molar-refractivity contribution in [1.82, 2.24) is 0 Å². The predicted octanol–water partition coefficient (Wildman–Crippen LogP) is 3.47. The van der Waals surface area contributed by atoms with E-state index in [4.69, 9.17) is 23.2 Å². The van der Waals surface area contributed by atoms with Gasteiger partial charge in [-0.1, -0.05) is 24.6 Å². The molecule has 2 radical (unpaired) electrons. The summed E-state index contributed by atoms with van der Waals surface area (Å²) in [6, 6.07) is 1.22. The van der Waals surface area contributed by atoms with Crippen molar-refractivity contribution in [3.05, 3.63) is 12.2 Å². The van der Waals surface area contributed by atoms with Gasteiger partial charge in [-0.25, -0.2) is 0 Å². The summed E-state index contributed by atoms with van der Waals surface area (Å²) in [6.07, 6.45) is 8.98. The van der Waals surface area contributed by atoms with E-state index in [0.717, 1.165) is 27.3 Å². The first-order chi connectivity index (χ1) is 6.25. The minimum Gasteiger partial charge on any atom is -0.110 e. The molecule has 0 spiro atoms. The van der Waals surface area contributed by atoms with Crippen molar-refractivity contribution < 1.29 is 0 Å². The summed E-state index contributed by atoms with van der Waals surface area (Å²) in [5, 5.41) is 0. The summed E-state index contributed by atoms with van der Waals surface area (Å²) in [7, 11) is 0.728. The Kier molecular flexibility index (Phi) is 3.39. The highest BCUT2D eigenvalue weighted by Gasteiger charge is 2.34. The van der Waals surface area contributed by atoms with Crippen molar-refractivity contribution in [2.75, 3.05) is 0 Å². The molecule has 0 aromatic rings. The first kappa shape index (κ1) is 10.1. The summed E-state index contributed by atoms with van der Waals surface area (Å²) >= 11 is 11.4. The topological polar surface area (TPSA) is 0 Å². The third kappa shape index (κ3) is 2.51. The maximum atomic E-state index is 5.71. The molecule has 1 fully saturated rings. The average molecular weight is 233 g/mol. The average Bonchev–Trinajstić information content (AvgIpc) is 2.64. The molecule has 2 aliphatic rings. The van der Waals surface area contributed by atoms with Gasteiger partial charge in [-0.15, -0.1) is 23.2 Å². The van der Waals surface area contributed by atoms with Gasteiger partial charge in [-0.3, -0.25) is 0 Å². The van der Waals surface area contributed by atoms with Crippen LogP contribution in [0.4, 0.5) is 0 Å². The molecule has 3 unspecified atom stereocenters. The fraction of sp³-hybridized carbons (Fsp3) is 0.800. The summed E-state index contributed by atoms with van der Waals surface area (Å²) in [5.41, 5.74) is 0. The number of hydrogen-bond acceptors (Lipinski definition) is 0. The molecule has 1 saturated carbocycles. The first-order valence-corrected chi connectivity index (χ1v) is 7.11. The van der Waals surface area contributed by atoms with Crippen molar-refractivity contribution in [1.29, 1.82) is 0 Å². The van der Waals surface area contributed by atoms with Crippen LogP contribution in [0, 0.1) is 17.8 Å². The SMILES string of the molecule is ClC(Cl)[Si]CCC1CC2C=CC1C2. The van der Waals surface area contributed by atoms with Crippen LogP contribution >= 0.6 is 23.2 Å². The lowest BCUT2D eigenvalue weighted by Gasteiger charge is -2.17. The van der Waals surface area contributed by atoms with Gasteiger partial charge in [-0.05, 0) is 30.6 Å². The van der Waals surface area contributed by atoms with Crippen LogP contribution in [-0.2, 0) is 0 Å². The van der Waals surface area contributed by atoms with E-state index in [1.807, 2.05) is 0 Å². The second-order valence-corrected chi connectivity index (χ2v) is 7.40.